The summed E-state index contributed by atoms with van der Waals surface area (Å²) in [6.07, 6.45) is 0. The van der Waals surface area contributed by atoms with Gasteiger partial charge in [-0.2, -0.15) is 4.55 Å². The number of alkyl halides is 1. The standard InChI is InChI=1S/C8H9ClO3S/c9-5-6-13(11,12)8-3-1-7(10)2-4-8/h1-4H,5-6H2,(H-,10,11,12)/p+1. The molecule has 1 aromatic rings. The Balaban J connectivity index is 2.94. The van der Waals surface area contributed by atoms with Crippen LogP contribution in [0.5, 0.6) is 5.75 Å². The average molecular weight is 222 g/mol. The Kier molecular flexibility index (Phi) is 3.30. The zero-order valence-corrected chi connectivity index (χ0v) is 8.38. The summed E-state index contributed by atoms with van der Waals surface area (Å²) in [6.45, 7) is 0. The number of hydrogen-bond donors (Lipinski definition) is 2. The number of rotatable bonds is 3. The lowest BCUT2D eigenvalue weighted by Crippen LogP contribution is -2.15. The fourth-order valence-corrected chi connectivity index (χ4v) is 2.51. The van der Waals surface area contributed by atoms with Crippen LogP contribution in [0.1, 0.15) is 0 Å². The maximum Gasteiger partial charge on any atom is 0.249 e. The minimum Gasteiger partial charge on any atom is -0.508 e. The zero-order valence-electron chi connectivity index (χ0n) is 6.81. The quantitative estimate of drug-likeness (QED) is 0.606. The highest BCUT2D eigenvalue weighted by Gasteiger charge is 2.27. The summed E-state index contributed by atoms with van der Waals surface area (Å²) >= 11 is 5.38. The Morgan fingerprint density at radius 3 is 2.31 bits per heavy atom. The van der Waals surface area contributed by atoms with Crippen LogP contribution in [0.15, 0.2) is 29.2 Å². The molecular formula is C8H10ClO3S+. The van der Waals surface area contributed by atoms with Gasteiger partial charge in [0, 0.05) is 0 Å². The van der Waals surface area contributed by atoms with E-state index in [9.17, 15) is 8.76 Å². The number of phenolic OH excluding ortho intramolecular Hbond substituents is 1. The van der Waals surface area contributed by atoms with Gasteiger partial charge in [0.2, 0.25) is 10.2 Å². The van der Waals surface area contributed by atoms with Crippen LogP contribution in [-0.2, 0) is 14.4 Å². The second kappa shape index (κ2) is 4.09. The lowest BCUT2D eigenvalue weighted by atomic mass is 10.3. The monoisotopic (exact) mass is 221 g/mol. The van der Waals surface area contributed by atoms with Gasteiger partial charge in [0.15, 0.2) is 10.6 Å². The molecule has 1 atom stereocenters. The van der Waals surface area contributed by atoms with Gasteiger partial charge in [-0.15, -0.1) is 11.6 Å². The maximum atomic E-state index is 11.5. The van der Waals surface area contributed by atoms with Crippen molar-refractivity contribution in [1.82, 2.24) is 0 Å². The molecule has 1 aromatic carbocycles. The van der Waals surface area contributed by atoms with E-state index in [1.165, 1.54) is 24.3 Å². The molecule has 1 rings (SSSR count). The topological polar surface area (TPSA) is 57.5 Å². The molecule has 0 fully saturated rings. The third kappa shape index (κ3) is 2.69. The van der Waals surface area contributed by atoms with Crippen LogP contribution in [0.25, 0.3) is 0 Å². The molecule has 0 radical (unpaired) electrons. The fraction of sp³-hybridized carbons (Fsp3) is 0.250. The number of halogens is 1. The van der Waals surface area contributed by atoms with Crippen molar-refractivity contribution in [2.24, 2.45) is 0 Å². The van der Waals surface area contributed by atoms with E-state index in [4.69, 9.17) is 16.7 Å². The first-order valence-corrected chi connectivity index (χ1v) is 5.87. The normalized spacial score (nSPS) is 15.2. The van der Waals surface area contributed by atoms with E-state index in [0.717, 1.165) is 0 Å². The number of phenols is 1. The van der Waals surface area contributed by atoms with Gasteiger partial charge in [-0.3, -0.25) is 0 Å². The molecule has 0 aromatic heterocycles. The molecule has 0 aliphatic rings. The van der Waals surface area contributed by atoms with Crippen molar-refractivity contribution in [1.29, 1.82) is 0 Å². The highest BCUT2D eigenvalue weighted by Crippen LogP contribution is 2.19. The van der Waals surface area contributed by atoms with Crippen LogP contribution in [0.3, 0.4) is 0 Å². The van der Waals surface area contributed by atoms with E-state index in [-0.39, 0.29) is 17.4 Å². The van der Waals surface area contributed by atoms with Crippen LogP contribution < -0.4 is 0 Å². The van der Waals surface area contributed by atoms with Crippen LogP contribution in [0.2, 0.25) is 0 Å². The Morgan fingerprint density at radius 2 is 1.85 bits per heavy atom. The number of aromatic hydroxyl groups is 1. The van der Waals surface area contributed by atoms with E-state index in [0.29, 0.717) is 4.90 Å². The van der Waals surface area contributed by atoms with E-state index in [1.54, 1.807) is 0 Å². The summed E-state index contributed by atoms with van der Waals surface area (Å²) in [4.78, 5) is 0.297. The summed E-state index contributed by atoms with van der Waals surface area (Å²) in [5, 5.41) is 8.95. The first kappa shape index (κ1) is 10.5. The van der Waals surface area contributed by atoms with Crippen molar-refractivity contribution < 1.29 is 13.9 Å². The number of hydrogen-bond acceptors (Lipinski definition) is 2. The molecule has 0 amide bonds. The Bertz CT molecular complexity index is 323. The predicted molar refractivity (Wildman–Crippen MR) is 52.6 cm³/mol. The lowest BCUT2D eigenvalue weighted by molar-refractivity contribution is 0.474. The van der Waals surface area contributed by atoms with Crippen LogP contribution in [0, 0.1) is 0 Å². The van der Waals surface area contributed by atoms with Crippen LogP contribution >= 0.6 is 11.6 Å². The van der Waals surface area contributed by atoms with Gasteiger partial charge >= 0.3 is 0 Å². The molecule has 3 nitrogen and oxygen atoms in total. The summed E-state index contributed by atoms with van der Waals surface area (Å²) in [5.41, 5.74) is 0. The van der Waals surface area contributed by atoms with Crippen molar-refractivity contribution in [2.45, 2.75) is 4.90 Å². The minimum absolute atomic E-state index is 0.0271. The summed E-state index contributed by atoms with van der Waals surface area (Å²) < 4.78 is 20.9. The van der Waals surface area contributed by atoms with Gasteiger partial charge in [0.1, 0.15) is 5.75 Å². The Labute approximate surface area is 82.6 Å². The van der Waals surface area contributed by atoms with E-state index < -0.39 is 10.2 Å². The van der Waals surface area contributed by atoms with Gasteiger partial charge in [-0.1, -0.05) is 4.21 Å². The molecule has 0 saturated heterocycles. The minimum atomic E-state index is -3.02. The molecule has 1 unspecified atom stereocenters. The summed E-state index contributed by atoms with van der Waals surface area (Å²) in [7, 11) is -3.02. The molecule has 72 valence electrons. The van der Waals surface area contributed by atoms with Crippen LogP contribution in [0.4, 0.5) is 0 Å². The zero-order chi connectivity index (χ0) is 9.90. The SMILES string of the molecule is O=[S+](O)(CCCl)c1ccc(O)cc1. The molecule has 0 bridgehead atoms. The van der Waals surface area contributed by atoms with Gasteiger partial charge in [-0.25, -0.2) is 0 Å². The van der Waals surface area contributed by atoms with E-state index >= 15 is 0 Å². The summed E-state index contributed by atoms with van der Waals surface area (Å²) in [5.74, 6) is 0.236. The third-order valence-corrected chi connectivity index (χ3v) is 3.74. The molecule has 5 heteroatoms. The van der Waals surface area contributed by atoms with Gasteiger partial charge in [0.05, 0.1) is 5.88 Å². The van der Waals surface area contributed by atoms with Gasteiger partial charge < -0.3 is 5.11 Å². The molecule has 13 heavy (non-hydrogen) atoms. The van der Waals surface area contributed by atoms with Crippen molar-refractivity contribution >= 4 is 21.8 Å². The van der Waals surface area contributed by atoms with Crippen LogP contribution in [-0.4, -0.2) is 21.3 Å². The van der Waals surface area contributed by atoms with Crippen molar-refractivity contribution in [3.63, 3.8) is 0 Å². The molecule has 0 aliphatic heterocycles. The van der Waals surface area contributed by atoms with Gasteiger partial charge in [0.25, 0.3) is 0 Å². The number of benzene rings is 1. The molecule has 0 aliphatic carbocycles. The van der Waals surface area contributed by atoms with E-state index in [2.05, 4.69) is 0 Å². The molecule has 0 heterocycles. The second-order valence-electron chi connectivity index (χ2n) is 2.53. The largest absolute Gasteiger partial charge is 0.508 e. The predicted octanol–water partition coefficient (Wildman–Crippen LogP) is 1.96. The Hall–Kier alpha value is -0.580. The first-order chi connectivity index (χ1) is 6.06. The first-order valence-electron chi connectivity index (χ1n) is 3.65. The van der Waals surface area contributed by atoms with Crippen molar-refractivity contribution in [2.75, 3.05) is 11.6 Å². The second-order valence-corrected chi connectivity index (χ2v) is 5.07. The van der Waals surface area contributed by atoms with Crippen molar-refractivity contribution in [3.05, 3.63) is 24.3 Å². The molecule has 0 spiro atoms. The average Bonchev–Trinajstić information content (AvgIpc) is 2.05. The Morgan fingerprint density at radius 1 is 1.31 bits per heavy atom. The fourth-order valence-electron chi connectivity index (χ4n) is 0.881. The highest BCUT2D eigenvalue weighted by molar-refractivity contribution is 7.97. The summed E-state index contributed by atoms with van der Waals surface area (Å²) in [6, 6.07) is 5.59. The smallest absolute Gasteiger partial charge is 0.249 e. The maximum absolute atomic E-state index is 11.5. The third-order valence-electron chi connectivity index (χ3n) is 1.56. The molecular weight excluding hydrogens is 212 g/mol. The lowest BCUT2D eigenvalue weighted by Gasteiger charge is -2.01. The van der Waals surface area contributed by atoms with E-state index in [1.807, 2.05) is 0 Å². The van der Waals surface area contributed by atoms with Gasteiger partial charge in [-0.05, 0) is 24.3 Å². The molecule has 0 saturated carbocycles. The highest BCUT2D eigenvalue weighted by atomic mass is 35.5. The molecule has 2 N–H and O–H groups in total. The van der Waals surface area contributed by atoms with Crippen molar-refractivity contribution in [3.8, 4) is 5.75 Å².